The number of aryl methyl sites for hydroxylation is 1. The van der Waals surface area contributed by atoms with Crippen molar-refractivity contribution in [2.45, 2.75) is 20.0 Å². The molecule has 166 valence electrons. The molecule has 0 spiro atoms. The van der Waals surface area contributed by atoms with Gasteiger partial charge in [-0.3, -0.25) is 14.2 Å². The molecule has 0 atom stereocenters. The lowest BCUT2D eigenvalue weighted by molar-refractivity contribution is 0.0941. The first-order valence-corrected chi connectivity index (χ1v) is 10.3. The van der Waals surface area contributed by atoms with Crippen LogP contribution in [0.2, 0.25) is 0 Å². The molecule has 1 heterocycles. The summed E-state index contributed by atoms with van der Waals surface area (Å²) < 4.78 is 16.1. The van der Waals surface area contributed by atoms with Crippen molar-refractivity contribution in [1.29, 1.82) is 0 Å². The van der Waals surface area contributed by atoms with Crippen molar-refractivity contribution in [1.82, 2.24) is 19.7 Å². The second-order valence-electron chi connectivity index (χ2n) is 7.53. The van der Waals surface area contributed by atoms with Gasteiger partial charge in [-0.15, -0.1) is 0 Å². The second kappa shape index (κ2) is 9.44. The molecule has 1 aromatic heterocycles. The van der Waals surface area contributed by atoms with Gasteiger partial charge in [-0.1, -0.05) is 66.2 Å². The summed E-state index contributed by atoms with van der Waals surface area (Å²) >= 11 is 0. The zero-order valence-corrected chi connectivity index (χ0v) is 17.9. The Labute approximate surface area is 188 Å². The lowest BCUT2D eigenvalue weighted by atomic mass is 10.2. The Kier molecular flexibility index (Phi) is 6.26. The summed E-state index contributed by atoms with van der Waals surface area (Å²) in [5.41, 5.74) is 0.210. The molecular weight excluding hydrogens is 423 g/mol. The molecule has 1 N–H and O–H groups in total. The molecule has 0 aliphatic carbocycles. The Morgan fingerprint density at radius 3 is 2.30 bits per heavy atom. The van der Waals surface area contributed by atoms with Crippen molar-refractivity contribution in [3.05, 3.63) is 128 Å². The molecule has 0 fully saturated rings. The number of hydrogen-bond acceptors (Lipinski definition) is 4. The molecule has 1 amide bonds. The fourth-order valence-corrected chi connectivity index (χ4v) is 3.31. The van der Waals surface area contributed by atoms with Crippen LogP contribution in [0, 0.1) is 12.7 Å². The van der Waals surface area contributed by atoms with E-state index in [1.165, 1.54) is 18.2 Å². The van der Waals surface area contributed by atoms with Gasteiger partial charge in [0.2, 0.25) is 5.69 Å². The van der Waals surface area contributed by atoms with Crippen molar-refractivity contribution in [3.63, 3.8) is 0 Å². The number of aromatic nitrogens is 3. The molecule has 0 aliphatic heterocycles. The zero-order valence-electron chi connectivity index (χ0n) is 17.9. The van der Waals surface area contributed by atoms with Gasteiger partial charge in [0, 0.05) is 12.1 Å². The number of carbonyl (C=O) groups is 1. The van der Waals surface area contributed by atoms with Crippen LogP contribution in [0.1, 0.15) is 27.2 Å². The molecule has 4 rings (SSSR count). The van der Waals surface area contributed by atoms with Gasteiger partial charge in [0.1, 0.15) is 5.82 Å². The summed E-state index contributed by atoms with van der Waals surface area (Å²) in [6.45, 7) is 1.73. The highest BCUT2D eigenvalue weighted by Gasteiger charge is 2.21. The maximum atomic E-state index is 14.3. The molecule has 33 heavy (non-hydrogen) atoms. The lowest BCUT2D eigenvalue weighted by Gasteiger charge is -2.13. The van der Waals surface area contributed by atoms with E-state index in [1.54, 1.807) is 30.3 Å². The molecule has 0 aliphatic rings. The number of hydrogen-bond donors (Lipinski definition) is 1. The predicted octanol–water partition coefficient (Wildman–Crippen LogP) is 2.82. The van der Waals surface area contributed by atoms with Crippen molar-refractivity contribution < 1.29 is 9.18 Å². The normalized spacial score (nSPS) is 10.7. The first kappa shape index (κ1) is 21.9. The monoisotopic (exact) mass is 444 g/mol. The van der Waals surface area contributed by atoms with E-state index in [1.807, 2.05) is 37.3 Å². The standard InChI is InChI=1S/C25H21FN4O3/c1-17-11-13-20(14-12-17)30-25(33)29(16-19-9-5-6-10-21(19)26)24(32)22(28-30)23(31)27-15-18-7-3-2-4-8-18/h2-14H,15-16H2,1H3,(H,27,31). The van der Waals surface area contributed by atoms with Crippen molar-refractivity contribution in [2.24, 2.45) is 0 Å². The Balaban J connectivity index is 1.79. The van der Waals surface area contributed by atoms with Crippen LogP contribution in [0.3, 0.4) is 0 Å². The van der Waals surface area contributed by atoms with Crippen molar-refractivity contribution >= 4 is 5.91 Å². The van der Waals surface area contributed by atoms with Gasteiger partial charge in [0.15, 0.2) is 0 Å². The minimum Gasteiger partial charge on any atom is -0.346 e. The Bertz CT molecular complexity index is 1410. The van der Waals surface area contributed by atoms with Crippen LogP contribution in [0.5, 0.6) is 0 Å². The van der Waals surface area contributed by atoms with Crippen LogP contribution in [0.4, 0.5) is 4.39 Å². The summed E-state index contributed by atoms with van der Waals surface area (Å²) in [5, 5.41) is 6.74. The molecule has 0 saturated carbocycles. The van der Waals surface area contributed by atoms with E-state index in [0.717, 1.165) is 20.4 Å². The van der Waals surface area contributed by atoms with E-state index >= 15 is 0 Å². The van der Waals surface area contributed by atoms with E-state index in [-0.39, 0.29) is 18.7 Å². The average Bonchev–Trinajstić information content (AvgIpc) is 2.83. The minimum atomic E-state index is -0.892. The third-order valence-electron chi connectivity index (χ3n) is 5.14. The Hall–Kier alpha value is -4.33. The Morgan fingerprint density at radius 1 is 0.939 bits per heavy atom. The molecule has 3 aromatic carbocycles. The molecule has 0 radical (unpaired) electrons. The van der Waals surface area contributed by atoms with E-state index in [4.69, 9.17) is 0 Å². The number of benzene rings is 3. The van der Waals surface area contributed by atoms with Gasteiger partial charge in [-0.2, -0.15) is 9.78 Å². The third kappa shape index (κ3) is 4.79. The summed E-state index contributed by atoms with van der Waals surface area (Å²) in [6.07, 6.45) is 0. The quantitative estimate of drug-likeness (QED) is 0.496. The van der Waals surface area contributed by atoms with Crippen LogP contribution < -0.4 is 16.6 Å². The smallest absolute Gasteiger partial charge is 0.346 e. The van der Waals surface area contributed by atoms with Crippen LogP contribution in [0.25, 0.3) is 5.69 Å². The fraction of sp³-hybridized carbons (Fsp3) is 0.120. The van der Waals surface area contributed by atoms with Gasteiger partial charge in [-0.25, -0.2) is 9.18 Å². The average molecular weight is 444 g/mol. The second-order valence-corrected chi connectivity index (χ2v) is 7.53. The van der Waals surface area contributed by atoms with Crippen LogP contribution in [-0.4, -0.2) is 20.3 Å². The highest BCUT2D eigenvalue weighted by Crippen LogP contribution is 2.09. The number of nitrogens with one attached hydrogen (secondary N) is 1. The lowest BCUT2D eigenvalue weighted by Crippen LogP contribution is -2.46. The van der Waals surface area contributed by atoms with Crippen LogP contribution >= 0.6 is 0 Å². The number of carbonyl (C=O) groups excluding carboxylic acids is 1. The molecule has 4 aromatic rings. The van der Waals surface area contributed by atoms with Crippen molar-refractivity contribution in [2.75, 3.05) is 0 Å². The SMILES string of the molecule is Cc1ccc(-n2nc(C(=O)NCc3ccccc3)c(=O)n(Cc3ccccc3F)c2=O)cc1. The van der Waals surface area contributed by atoms with Crippen LogP contribution in [0.15, 0.2) is 88.5 Å². The summed E-state index contributed by atoms with van der Waals surface area (Å²) in [4.78, 5) is 39.1. The first-order chi connectivity index (χ1) is 15.9. The fourth-order valence-electron chi connectivity index (χ4n) is 3.31. The molecule has 0 bridgehead atoms. The van der Waals surface area contributed by atoms with Gasteiger partial charge < -0.3 is 5.32 Å². The summed E-state index contributed by atoms with van der Waals surface area (Å²) in [7, 11) is 0. The van der Waals surface area contributed by atoms with E-state index in [9.17, 15) is 18.8 Å². The summed E-state index contributed by atoms with van der Waals surface area (Å²) in [5.74, 6) is -1.29. The topological polar surface area (TPSA) is 86.0 Å². The molecule has 0 unspecified atom stereocenters. The molecular formula is C25H21FN4O3. The highest BCUT2D eigenvalue weighted by molar-refractivity contribution is 5.91. The molecule has 8 heteroatoms. The predicted molar refractivity (Wildman–Crippen MR) is 122 cm³/mol. The van der Waals surface area contributed by atoms with Gasteiger partial charge in [-0.05, 0) is 30.7 Å². The number of rotatable bonds is 6. The van der Waals surface area contributed by atoms with Crippen LogP contribution in [-0.2, 0) is 13.1 Å². The van der Waals surface area contributed by atoms with Gasteiger partial charge in [0.05, 0.1) is 12.2 Å². The van der Waals surface area contributed by atoms with E-state index in [0.29, 0.717) is 5.69 Å². The maximum Gasteiger partial charge on any atom is 0.352 e. The number of halogens is 1. The number of amides is 1. The Morgan fingerprint density at radius 2 is 1.61 bits per heavy atom. The molecule has 0 saturated heterocycles. The highest BCUT2D eigenvalue weighted by atomic mass is 19.1. The van der Waals surface area contributed by atoms with Gasteiger partial charge >= 0.3 is 5.69 Å². The number of nitrogens with zero attached hydrogens (tertiary/aromatic N) is 3. The minimum absolute atomic E-state index is 0.147. The maximum absolute atomic E-state index is 14.3. The third-order valence-corrected chi connectivity index (χ3v) is 5.14. The largest absolute Gasteiger partial charge is 0.352 e. The van der Waals surface area contributed by atoms with Crippen molar-refractivity contribution in [3.8, 4) is 5.69 Å². The molecule has 7 nitrogen and oxygen atoms in total. The van der Waals surface area contributed by atoms with E-state index in [2.05, 4.69) is 10.4 Å². The van der Waals surface area contributed by atoms with Gasteiger partial charge in [0.25, 0.3) is 11.5 Å². The van der Waals surface area contributed by atoms with E-state index < -0.39 is 28.7 Å². The first-order valence-electron chi connectivity index (χ1n) is 10.3. The zero-order chi connectivity index (χ0) is 23.4. The summed E-state index contributed by atoms with van der Waals surface area (Å²) in [6, 6.07) is 21.9.